The van der Waals surface area contributed by atoms with Gasteiger partial charge in [-0.15, -0.1) is 0 Å². The Morgan fingerprint density at radius 3 is 1.21 bits per heavy atom. The molecule has 0 unspecified atom stereocenters. The van der Waals surface area contributed by atoms with Gasteiger partial charge in [0.05, 0.1) is 11.2 Å². The minimum atomic E-state index is -1.01. The van der Waals surface area contributed by atoms with E-state index in [4.69, 9.17) is 0 Å². The van der Waals surface area contributed by atoms with E-state index in [0.29, 0.717) is 19.3 Å². The van der Waals surface area contributed by atoms with Gasteiger partial charge >= 0.3 is 0 Å². The van der Waals surface area contributed by atoms with E-state index in [1.54, 1.807) is 0 Å². The van der Waals surface area contributed by atoms with Crippen LogP contribution in [0.5, 0.6) is 0 Å². The van der Waals surface area contributed by atoms with E-state index < -0.39 is 11.2 Å². The predicted octanol–water partition coefficient (Wildman–Crippen LogP) is 2.72. The summed E-state index contributed by atoms with van der Waals surface area (Å²) in [5.74, 6) is 0. The first-order valence-electron chi connectivity index (χ1n) is 5.63. The molecule has 0 spiro atoms. The van der Waals surface area contributed by atoms with Crippen LogP contribution in [0.4, 0.5) is 0 Å². The van der Waals surface area contributed by atoms with Crippen LogP contribution >= 0.6 is 0 Å². The third-order valence-electron chi connectivity index (χ3n) is 3.69. The molecule has 2 heteroatoms. The highest BCUT2D eigenvalue weighted by molar-refractivity contribution is 5.04. The summed E-state index contributed by atoms with van der Waals surface area (Å²) in [6.45, 7) is 11.7. The molecule has 2 nitrogen and oxygen atoms in total. The van der Waals surface area contributed by atoms with E-state index in [9.17, 15) is 10.2 Å². The lowest BCUT2D eigenvalue weighted by Gasteiger charge is -2.50. The molecule has 0 saturated carbocycles. The SMILES string of the molecule is CCC(O)(CC)[C@@](O)(CC)C(C)(C)C. The van der Waals surface area contributed by atoms with Gasteiger partial charge in [0.25, 0.3) is 0 Å². The minimum absolute atomic E-state index is 0.303. The highest BCUT2D eigenvalue weighted by atomic mass is 16.4. The van der Waals surface area contributed by atoms with Gasteiger partial charge in [-0.25, -0.2) is 0 Å². The van der Waals surface area contributed by atoms with Crippen molar-refractivity contribution in [3.05, 3.63) is 0 Å². The largest absolute Gasteiger partial charge is 0.387 e. The van der Waals surface area contributed by atoms with Crippen LogP contribution in [0.3, 0.4) is 0 Å². The molecule has 0 aliphatic heterocycles. The first kappa shape index (κ1) is 13.9. The highest BCUT2D eigenvalue weighted by Gasteiger charge is 2.52. The molecule has 0 radical (unpaired) electrons. The molecule has 0 aromatic rings. The number of hydrogen-bond donors (Lipinski definition) is 2. The maximum atomic E-state index is 10.6. The number of rotatable bonds is 4. The predicted molar refractivity (Wildman–Crippen MR) is 60.2 cm³/mol. The molecule has 1 atom stereocenters. The minimum Gasteiger partial charge on any atom is -0.387 e. The van der Waals surface area contributed by atoms with Crippen LogP contribution < -0.4 is 0 Å². The van der Waals surface area contributed by atoms with Gasteiger partial charge in [0.15, 0.2) is 0 Å². The molecule has 0 bridgehead atoms. The van der Waals surface area contributed by atoms with Gasteiger partial charge in [-0.1, -0.05) is 41.5 Å². The van der Waals surface area contributed by atoms with Crippen molar-refractivity contribution in [1.82, 2.24) is 0 Å². The second-order valence-electron chi connectivity index (χ2n) is 5.20. The van der Waals surface area contributed by atoms with Gasteiger partial charge < -0.3 is 10.2 Å². The fourth-order valence-corrected chi connectivity index (χ4v) is 2.39. The smallest absolute Gasteiger partial charge is 0.0978 e. The van der Waals surface area contributed by atoms with Gasteiger partial charge in [-0.05, 0) is 24.7 Å². The van der Waals surface area contributed by atoms with E-state index in [2.05, 4.69) is 0 Å². The summed E-state index contributed by atoms with van der Waals surface area (Å²) >= 11 is 0. The Balaban J connectivity index is 5.22. The average molecular weight is 202 g/mol. The topological polar surface area (TPSA) is 40.5 Å². The summed E-state index contributed by atoms with van der Waals surface area (Å²) in [7, 11) is 0. The van der Waals surface area contributed by atoms with E-state index in [1.165, 1.54) is 0 Å². The summed E-state index contributed by atoms with van der Waals surface area (Å²) in [5.41, 5.74) is -2.29. The monoisotopic (exact) mass is 202 g/mol. The maximum absolute atomic E-state index is 10.6. The van der Waals surface area contributed by atoms with Crippen molar-refractivity contribution >= 4 is 0 Å². The molecule has 0 rings (SSSR count). The van der Waals surface area contributed by atoms with Crippen molar-refractivity contribution in [1.29, 1.82) is 0 Å². The molecule has 0 aromatic heterocycles. The normalized spacial score (nSPS) is 18.0. The fraction of sp³-hybridized carbons (Fsp3) is 1.00. The zero-order valence-electron chi connectivity index (χ0n) is 10.5. The van der Waals surface area contributed by atoms with Gasteiger partial charge in [0.2, 0.25) is 0 Å². The molecule has 2 N–H and O–H groups in total. The van der Waals surface area contributed by atoms with Crippen LogP contribution in [0.25, 0.3) is 0 Å². The van der Waals surface area contributed by atoms with E-state index in [-0.39, 0.29) is 5.41 Å². The zero-order chi connectivity index (χ0) is 11.6. The van der Waals surface area contributed by atoms with E-state index >= 15 is 0 Å². The fourth-order valence-electron chi connectivity index (χ4n) is 2.39. The first-order chi connectivity index (χ1) is 6.18. The second kappa shape index (κ2) is 4.19. The summed E-state index contributed by atoms with van der Waals surface area (Å²) in [4.78, 5) is 0. The Kier molecular flexibility index (Phi) is 4.17. The lowest BCUT2D eigenvalue weighted by molar-refractivity contribution is -0.208. The quantitative estimate of drug-likeness (QED) is 0.736. The Hall–Kier alpha value is -0.0800. The Labute approximate surface area is 88.3 Å². The lowest BCUT2D eigenvalue weighted by atomic mass is 9.63. The molecule has 0 saturated heterocycles. The van der Waals surface area contributed by atoms with Crippen molar-refractivity contribution in [3.8, 4) is 0 Å². The highest BCUT2D eigenvalue weighted by Crippen LogP contribution is 2.44. The Bertz CT molecular complexity index is 177. The molecule has 14 heavy (non-hydrogen) atoms. The van der Waals surface area contributed by atoms with Gasteiger partial charge in [0.1, 0.15) is 0 Å². The van der Waals surface area contributed by atoms with Crippen molar-refractivity contribution in [2.24, 2.45) is 5.41 Å². The standard InChI is InChI=1S/C12H26O2/c1-7-11(13,8-2)12(14,9-3)10(4,5)6/h13-14H,7-9H2,1-6H3/t12-/m1/s1. The number of aliphatic hydroxyl groups is 2. The molecule has 0 aliphatic rings. The van der Waals surface area contributed by atoms with Crippen molar-refractivity contribution < 1.29 is 10.2 Å². The molecule has 0 fully saturated rings. The van der Waals surface area contributed by atoms with Gasteiger partial charge in [-0.2, -0.15) is 0 Å². The molecule has 86 valence electrons. The first-order valence-corrected chi connectivity index (χ1v) is 5.63. The van der Waals surface area contributed by atoms with Gasteiger partial charge in [0, 0.05) is 0 Å². The molecule has 0 amide bonds. The van der Waals surface area contributed by atoms with Crippen molar-refractivity contribution in [2.75, 3.05) is 0 Å². The van der Waals surface area contributed by atoms with Crippen LogP contribution in [0, 0.1) is 5.41 Å². The van der Waals surface area contributed by atoms with E-state index in [0.717, 1.165) is 0 Å². The summed E-state index contributed by atoms with van der Waals surface area (Å²) in [6, 6.07) is 0. The Morgan fingerprint density at radius 1 is 0.786 bits per heavy atom. The molecule has 0 aliphatic carbocycles. The van der Waals surface area contributed by atoms with Crippen molar-refractivity contribution in [3.63, 3.8) is 0 Å². The van der Waals surface area contributed by atoms with Gasteiger partial charge in [-0.3, -0.25) is 0 Å². The van der Waals surface area contributed by atoms with Crippen LogP contribution in [0.15, 0.2) is 0 Å². The van der Waals surface area contributed by atoms with Crippen LogP contribution in [-0.2, 0) is 0 Å². The summed E-state index contributed by atoms with van der Waals surface area (Å²) in [6.07, 6.45) is 1.75. The third-order valence-corrected chi connectivity index (χ3v) is 3.69. The zero-order valence-corrected chi connectivity index (χ0v) is 10.5. The van der Waals surface area contributed by atoms with Crippen LogP contribution in [0.1, 0.15) is 60.8 Å². The molecule has 0 heterocycles. The number of hydrogen-bond acceptors (Lipinski definition) is 2. The second-order valence-corrected chi connectivity index (χ2v) is 5.20. The van der Waals surface area contributed by atoms with Crippen LogP contribution in [0.2, 0.25) is 0 Å². The third kappa shape index (κ3) is 1.96. The molecular formula is C12H26O2. The molecule has 0 aromatic carbocycles. The summed E-state index contributed by atoms with van der Waals surface area (Å²) < 4.78 is 0. The van der Waals surface area contributed by atoms with Crippen molar-refractivity contribution in [2.45, 2.75) is 72.0 Å². The van der Waals surface area contributed by atoms with Crippen LogP contribution in [-0.4, -0.2) is 21.4 Å². The molecular weight excluding hydrogens is 176 g/mol. The van der Waals surface area contributed by atoms with E-state index in [1.807, 2.05) is 41.5 Å². The Morgan fingerprint density at radius 2 is 1.14 bits per heavy atom. The maximum Gasteiger partial charge on any atom is 0.0978 e. The lowest BCUT2D eigenvalue weighted by Crippen LogP contribution is -2.60. The summed E-state index contributed by atoms with van der Waals surface area (Å²) in [5, 5.41) is 21.1. The average Bonchev–Trinajstić information content (AvgIpc) is 2.13.